The minimum absolute atomic E-state index is 0.647. The zero-order valence-corrected chi connectivity index (χ0v) is 13.6. The maximum Gasteiger partial charge on any atom is 0.0230 e. The van der Waals surface area contributed by atoms with E-state index < -0.39 is 0 Å². The van der Waals surface area contributed by atoms with Crippen molar-refractivity contribution in [3.05, 3.63) is 48.0 Å². The molecule has 1 atom stereocenters. The number of fused-ring (bicyclic) bond motifs is 1. The highest BCUT2D eigenvalue weighted by Gasteiger charge is 2.07. The van der Waals surface area contributed by atoms with Crippen molar-refractivity contribution >= 4 is 10.8 Å². The first kappa shape index (κ1) is 16.0. The van der Waals surface area contributed by atoms with E-state index in [2.05, 4.69) is 73.7 Å². The summed E-state index contributed by atoms with van der Waals surface area (Å²) >= 11 is 0. The molecule has 0 saturated heterocycles. The smallest absolute Gasteiger partial charge is 0.0230 e. The van der Waals surface area contributed by atoms with E-state index in [-0.39, 0.29) is 0 Å². The van der Waals surface area contributed by atoms with Gasteiger partial charge in [-0.2, -0.15) is 0 Å². The average Bonchev–Trinajstić information content (AvgIpc) is 2.51. The topological polar surface area (TPSA) is 15.3 Å². The van der Waals surface area contributed by atoms with Crippen molar-refractivity contribution in [3.8, 4) is 0 Å². The SMILES string of the molecule is CCCC(CCN(C)Cc1ccc2ccccc2c1)NC. The molecule has 2 aromatic rings. The summed E-state index contributed by atoms with van der Waals surface area (Å²) in [5.74, 6) is 0. The summed E-state index contributed by atoms with van der Waals surface area (Å²) in [6, 6.07) is 16.0. The minimum atomic E-state index is 0.647. The van der Waals surface area contributed by atoms with Crippen LogP contribution < -0.4 is 5.32 Å². The Hall–Kier alpha value is -1.38. The van der Waals surface area contributed by atoms with Crippen LogP contribution in [0.1, 0.15) is 31.7 Å². The van der Waals surface area contributed by atoms with Crippen molar-refractivity contribution in [1.29, 1.82) is 0 Å². The Morgan fingerprint density at radius 3 is 2.52 bits per heavy atom. The van der Waals surface area contributed by atoms with E-state index in [0.29, 0.717) is 6.04 Å². The third-order valence-electron chi connectivity index (χ3n) is 4.17. The van der Waals surface area contributed by atoms with Crippen LogP contribution in [-0.4, -0.2) is 31.6 Å². The van der Waals surface area contributed by atoms with Crippen LogP contribution in [0.2, 0.25) is 0 Å². The largest absolute Gasteiger partial charge is 0.317 e. The number of hydrogen-bond acceptors (Lipinski definition) is 2. The molecule has 0 aromatic heterocycles. The fourth-order valence-corrected chi connectivity index (χ4v) is 2.89. The lowest BCUT2D eigenvalue weighted by molar-refractivity contribution is 0.298. The Morgan fingerprint density at radius 2 is 1.81 bits per heavy atom. The summed E-state index contributed by atoms with van der Waals surface area (Å²) < 4.78 is 0. The molecule has 2 aromatic carbocycles. The van der Waals surface area contributed by atoms with Gasteiger partial charge >= 0.3 is 0 Å². The third-order valence-corrected chi connectivity index (χ3v) is 4.17. The highest BCUT2D eigenvalue weighted by atomic mass is 15.1. The predicted octanol–water partition coefficient (Wildman–Crippen LogP) is 4.05. The predicted molar refractivity (Wildman–Crippen MR) is 92.7 cm³/mol. The van der Waals surface area contributed by atoms with E-state index in [0.717, 1.165) is 13.1 Å². The van der Waals surface area contributed by atoms with E-state index in [1.807, 2.05) is 0 Å². The fourth-order valence-electron chi connectivity index (χ4n) is 2.89. The average molecular weight is 284 g/mol. The maximum absolute atomic E-state index is 3.42. The third kappa shape index (κ3) is 4.83. The van der Waals surface area contributed by atoms with Crippen LogP contribution in [0.5, 0.6) is 0 Å². The molecule has 0 bridgehead atoms. The van der Waals surface area contributed by atoms with Gasteiger partial charge in [0.2, 0.25) is 0 Å². The standard InChI is InChI=1S/C19H28N2/c1-4-7-19(20-2)12-13-21(3)15-16-10-11-17-8-5-6-9-18(17)14-16/h5-6,8-11,14,19-20H,4,7,12-13,15H2,1-3H3. The second-order valence-electron chi connectivity index (χ2n) is 5.98. The van der Waals surface area contributed by atoms with Crippen molar-refractivity contribution in [2.24, 2.45) is 0 Å². The van der Waals surface area contributed by atoms with Gasteiger partial charge in [-0.25, -0.2) is 0 Å². The maximum atomic E-state index is 3.42. The molecule has 0 aliphatic rings. The van der Waals surface area contributed by atoms with Gasteiger partial charge in [0.1, 0.15) is 0 Å². The van der Waals surface area contributed by atoms with Crippen LogP contribution in [0.4, 0.5) is 0 Å². The molecule has 0 heterocycles. The molecule has 0 aliphatic heterocycles. The number of rotatable bonds is 8. The first-order valence-electron chi connectivity index (χ1n) is 8.06. The number of nitrogens with one attached hydrogen (secondary N) is 1. The quantitative estimate of drug-likeness (QED) is 0.786. The van der Waals surface area contributed by atoms with Crippen LogP contribution in [-0.2, 0) is 6.54 Å². The first-order chi connectivity index (χ1) is 10.2. The van der Waals surface area contributed by atoms with Crippen molar-refractivity contribution in [1.82, 2.24) is 10.2 Å². The molecule has 0 spiro atoms. The Balaban J connectivity index is 1.90. The van der Waals surface area contributed by atoms with Gasteiger partial charge in [0, 0.05) is 12.6 Å². The Kier molecular flexibility index (Phi) is 6.21. The summed E-state index contributed by atoms with van der Waals surface area (Å²) in [7, 11) is 4.29. The molecule has 0 fully saturated rings. The summed E-state index contributed by atoms with van der Waals surface area (Å²) in [6.45, 7) is 4.41. The molecule has 21 heavy (non-hydrogen) atoms. The van der Waals surface area contributed by atoms with Crippen LogP contribution >= 0.6 is 0 Å². The summed E-state index contributed by atoms with van der Waals surface area (Å²) in [5.41, 5.74) is 1.40. The zero-order chi connectivity index (χ0) is 15.1. The number of benzene rings is 2. The van der Waals surface area contributed by atoms with E-state index in [1.54, 1.807) is 0 Å². The van der Waals surface area contributed by atoms with Crippen LogP contribution in [0.25, 0.3) is 10.8 Å². The summed E-state index contributed by atoms with van der Waals surface area (Å²) in [6.07, 6.45) is 3.73. The van der Waals surface area contributed by atoms with Crippen LogP contribution in [0.15, 0.2) is 42.5 Å². The Morgan fingerprint density at radius 1 is 1.05 bits per heavy atom. The second-order valence-corrected chi connectivity index (χ2v) is 5.98. The monoisotopic (exact) mass is 284 g/mol. The fraction of sp³-hybridized carbons (Fsp3) is 0.474. The van der Waals surface area contributed by atoms with Gasteiger partial charge in [-0.3, -0.25) is 0 Å². The Bertz CT molecular complexity index is 550. The van der Waals surface area contributed by atoms with Gasteiger partial charge in [0.05, 0.1) is 0 Å². The van der Waals surface area contributed by atoms with E-state index in [1.165, 1.54) is 35.6 Å². The van der Waals surface area contributed by atoms with Crippen LogP contribution in [0, 0.1) is 0 Å². The van der Waals surface area contributed by atoms with Crippen LogP contribution in [0.3, 0.4) is 0 Å². The zero-order valence-electron chi connectivity index (χ0n) is 13.6. The molecule has 2 nitrogen and oxygen atoms in total. The van der Waals surface area contributed by atoms with Crippen molar-refractivity contribution in [2.75, 3.05) is 20.6 Å². The molecule has 0 radical (unpaired) electrons. The normalized spacial score (nSPS) is 13.0. The van der Waals surface area contributed by atoms with Gasteiger partial charge < -0.3 is 10.2 Å². The first-order valence-corrected chi connectivity index (χ1v) is 8.06. The van der Waals surface area contributed by atoms with Crippen molar-refractivity contribution < 1.29 is 0 Å². The highest BCUT2D eigenvalue weighted by molar-refractivity contribution is 5.82. The molecule has 2 rings (SSSR count). The molecule has 0 aliphatic carbocycles. The van der Waals surface area contributed by atoms with E-state index >= 15 is 0 Å². The summed E-state index contributed by atoms with van der Waals surface area (Å²) in [5, 5.41) is 6.08. The van der Waals surface area contributed by atoms with Gasteiger partial charge in [0.25, 0.3) is 0 Å². The molecule has 1 unspecified atom stereocenters. The van der Waals surface area contributed by atoms with E-state index in [4.69, 9.17) is 0 Å². The van der Waals surface area contributed by atoms with Gasteiger partial charge in [-0.1, -0.05) is 49.7 Å². The lowest BCUT2D eigenvalue weighted by atomic mass is 10.1. The van der Waals surface area contributed by atoms with Crippen molar-refractivity contribution in [2.45, 2.75) is 38.8 Å². The molecule has 114 valence electrons. The highest BCUT2D eigenvalue weighted by Crippen LogP contribution is 2.16. The van der Waals surface area contributed by atoms with Crippen molar-refractivity contribution in [3.63, 3.8) is 0 Å². The number of nitrogens with zero attached hydrogens (tertiary/aromatic N) is 1. The molecular weight excluding hydrogens is 256 g/mol. The molecule has 0 saturated carbocycles. The molecular formula is C19H28N2. The van der Waals surface area contributed by atoms with Gasteiger partial charge in [-0.05, 0) is 55.9 Å². The summed E-state index contributed by atoms with van der Waals surface area (Å²) in [4.78, 5) is 2.42. The second kappa shape index (κ2) is 8.16. The van der Waals surface area contributed by atoms with E-state index in [9.17, 15) is 0 Å². The minimum Gasteiger partial charge on any atom is -0.317 e. The van der Waals surface area contributed by atoms with Gasteiger partial charge in [-0.15, -0.1) is 0 Å². The Labute approximate surface area is 129 Å². The molecule has 0 amide bonds. The molecule has 1 N–H and O–H groups in total. The lowest BCUT2D eigenvalue weighted by Crippen LogP contribution is -2.30. The lowest BCUT2D eigenvalue weighted by Gasteiger charge is -2.21. The molecule has 2 heteroatoms. The number of hydrogen-bond donors (Lipinski definition) is 1. The van der Waals surface area contributed by atoms with Gasteiger partial charge in [0.15, 0.2) is 0 Å².